The molecule has 0 radical (unpaired) electrons. The Bertz CT molecular complexity index is 447. The van der Waals surface area contributed by atoms with E-state index in [0.29, 0.717) is 5.41 Å². The number of hydrogen-bond donors (Lipinski definition) is 1. The maximum absolute atomic E-state index is 3.78. The zero-order valence-corrected chi connectivity index (χ0v) is 14.7. The van der Waals surface area contributed by atoms with Crippen LogP contribution in [0.3, 0.4) is 0 Å². The van der Waals surface area contributed by atoms with Gasteiger partial charge in [0.15, 0.2) is 0 Å². The standard InChI is InChI=1S/C18H27BrN2/c1-21(12-15-4-6-16(19)7-5-15)14-18(10-2-3-11-18)13-20-17-8-9-17/h4-7,17,20H,2-3,8-14H2,1H3. The molecule has 0 heterocycles. The Morgan fingerprint density at radius 3 is 2.48 bits per heavy atom. The predicted molar refractivity (Wildman–Crippen MR) is 92.4 cm³/mol. The average molecular weight is 351 g/mol. The zero-order chi connectivity index (χ0) is 14.7. The number of hydrogen-bond acceptors (Lipinski definition) is 2. The van der Waals surface area contributed by atoms with E-state index in [1.807, 2.05) is 0 Å². The molecule has 21 heavy (non-hydrogen) atoms. The predicted octanol–water partition coefficient (Wildman–Crippen LogP) is 4.19. The molecule has 0 aliphatic heterocycles. The Labute approximate surface area is 137 Å². The highest BCUT2D eigenvalue weighted by atomic mass is 79.9. The van der Waals surface area contributed by atoms with Gasteiger partial charge in [-0.1, -0.05) is 40.9 Å². The van der Waals surface area contributed by atoms with Crippen molar-refractivity contribution < 1.29 is 0 Å². The molecule has 3 heteroatoms. The van der Waals surface area contributed by atoms with Gasteiger partial charge in [0, 0.05) is 30.1 Å². The second-order valence-electron chi connectivity index (χ2n) is 7.16. The average Bonchev–Trinajstić information content (AvgIpc) is 3.19. The minimum Gasteiger partial charge on any atom is -0.313 e. The molecule has 2 aliphatic rings. The zero-order valence-electron chi connectivity index (χ0n) is 13.1. The van der Waals surface area contributed by atoms with Crippen molar-refractivity contribution in [1.29, 1.82) is 0 Å². The summed E-state index contributed by atoms with van der Waals surface area (Å²) in [6.07, 6.45) is 8.42. The largest absolute Gasteiger partial charge is 0.313 e. The molecule has 1 aromatic rings. The summed E-state index contributed by atoms with van der Waals surface area (Å²) in [5, 5.41) is 3.78. The monoisotopic (exact) mass is 350 g/mol. The fourth-order valence-corrected chi connectivity index (χ4v) is 3.96. The first kappa shape index (κ1) is 15.5. The van der Waals surface area contributed by atoms with Crippen LogP contribution in [0.25, 0.3) is 0 Å². The van der Waals surface area contributed by atoms with Gasteiger partial charge < -0.3 is 10.2 Å². The third-order valence-corrected chi connectivity index (χ3v) is 5.51. The first-order valence-corrected chi connectivity index (χ1v) is 9.11. The van der Waals surface area contributed by atoms with E-state index in [9.17, 15) is 0 Å². The van der Waals surface area contributed by atoms with Gasteiger partial charge in [-0.3, -0.25) is 0 Å². The number of nitrogens with one attached hydrogen (secondary N) is 1. The van der Waals surface area contributed by atoms with Crippen LogP contribution in [0, 0.1) is 5.41 Å². The smallest absolute Gasteiger partial charge is 0.0230 e. The summed E-state index contributed by atoms with van der Waals surface area (Å²) in [5.41, 5.74) is 1.93. The molecule has 0 aromatic heterocycles. The highest BCUT2D eigenvalue weighted by Crippen LogP contribution is 2.39. The molecule has 2 saturated carbocycles. The van der Waals surface area contributed by atoms with E-state index in [2.05, 4.69) is 57.5 Å². The molecule has 0 spiro atoms. The van der Waals surface area contributed by atoms with Crippen LogP contribution in [0.2, 0.25) is 0 Å². The summed E-state index contributed by atoms with van der Waals surface area (Å²) in [5.74, 6) is 0. The lowest BCUT2D eigenvalue weighted by atomic mass is 9.85. The summed E-state index contributed by atoms with van der Waals surface area (Å²) < 4.78 is 1.16. The fourth-order valence-electron chi connectivity index (χ4n) is 3.69. The van der Waals surface area contributed by atoms with Crippen molar-refractivity contribution in [2.24, 2.45) is 5.41 Å². The third-order valence-electron chi connectivity index (χ3n) is 4.98. The van der Waals surface area contributed by atoms with Crippen LogP contribution in [0.5, 0.6) is 0 Å². The van der Waals surface area contributed by atoms with Gasteiger partial charge in [0.05, 0.1) is 0 Å². The van der Waals surface area contributed by atoms with Gasteiger partial charge in [0.25, 0.3) is 0 Å². The molecule has 0 saturated heterocycles. The molecule has 1 N–H and O–H groups in total. The maximum Gasteiger partial charge on any atom is 0.0230 e. The van der Waals surface area contributed by atoms with Gasteiger partial charge in [-0.2, -0.15) is 0 Å². The van der Waals surface area contributed by atoms with Crippen molar-refractivity contribution in [3.05, 3.63) is 34.3 Å². The normalized spacial score (nSPS) is 21.1. The number of nitrogens with zero attached hydrogens (tertiary/aromatic N) is 1. The van der Waals surface area contributed by atoms with Crippen molar-refractivity contribution in [2.45, 2.75) is 51.1 Å². The number of benzene rings is 1. The lowest BCUT2D eigenvalue weighted by molar-refractivity contribution is 0.167. The van der Waals surface area contributed by atoms with Crippen LogP contribution in [0.4, 0.5) is 0 Å². The Morgan fingerprint density at radius 2 is 1.86 bits per heavy atom. The Hall–Kier alpha value is -0.380. The molecule has 3 rings (SSSR count). The van der Waals surface area contributed by atoms with E-state index < -0.39 is 0 Å². The highest BCUT2D eigenvalue weighted by molar-refractivity contribution is 9.10. The van der Waals surface area contributed by atoms with Crippen LogP contribution in [-0.4, -0.2) is 31.1 Å². The summed E-state index contributed by atoms with van der Waals surface area (Å²) in [7, 11) is 2.28. The van der Waals surface area contributed by atoms with Crippen LogP contribution < -0.4 is 5.32 Å². The first-order valence-electron chi connectivity index (χ1n) is 8.32. The van der Waals surface area contributed by atoms with Crippen molar-refractivity contribution in [1.82, 2.24) is 10.2 Å². The van der Waals surface area contributed by atoms with Gasteiger partial charge >= 0.3 is 0 Å². The molecule has 2 fully saturated rings. The van der Waals surface area contributed by atoms with Crippen molar-refractivity contribution in [3.8, 4) is 0 Å². The summed E-state index contributed by atoms with van der Waals surface area (Å²) in [6, 6.07) is 9.57. The molecule has 0 amide bonds. The van der Waals surface area contributed by atoms with Crippen molar-refractivity contribution in [2.75, 3.05) is 20.1 Å². The van der Waals surface area contributed by atoms with Gasteiger partial charge in [-0.05, 0) is 55.8 Å². The van der Waals surface area contributed by atoms with E-state index in [0.717, 1.165) is 17.1 Å². The van der Waals surface area contributed by atoms with E-state index in [-0.39, 0.29) is 0 Å². The molecule has 2 nitrogen and oxygen atoms in total. The van der Waals surface area contributed by atoms with E-state index in [1.165, 1.54) is 57.2 Å². The minimum absolute atomic E-state index is 0.521. The maximum atomic E-state index is 3.78. The Balaban J connectivity index is 1.55. The molecule has 116 valence electrons. The quantitative estimate of drug-likeness (QED) is 0.792. The molecule has 0 unspecified atom stereocenters. The van der Waals surface area contributed by atoms with Crippen LogP contribution in [-0.2, 0) is 6.54 Å². The Morgan fingerprint density at radius 1 is 1.19 bits per heavy atom. The summed E-state index contributed by atoms with van der Waals surface area (Å²) in [4.78, 5) is 2.52. The second-order valence-corrected chi connectivity index (χ2v) is 8.08. The molecular weight excluding hydrogens is 324 g/mol. The minimum atomic E-state index is 0.521. The van der Waals surface area contributed by atoms with Crippen molar-refractivity contribution in [3.63, 3.8) is 0 Å². The second kappa shape index (κ2) is 6.80. The van der Waals surface area contributed by atoms with E-state index >= 15 is 0 Å². The molecule has 1 aromatic carbocycles. The van der Waals surface area contributed by atoms with Crippen LogP contribution in [0.15, 0.2) is 28.7 Å². The molecular formula is C18H27BrN2. The molecule has 0 atom stereocenters. The van der Waals surface area contributed by atoms with Crippen molar-refractivity contribution >= 4 is 15.9 Å². The number of halogens is 1. The molecule has 2 aliphatic carbocycles. The lowest BCUT2D eigenvalue weighted by Gasteiger charge is -2.34. The third kappa shape index (κ3) is 4.54. The lowest BCUT2D eigenvalue weighted by Crippen LogP contribution is -2.41. The SMILES string of the molecule is CN(Cc1ccc(Br)cc1)CC1(CNC2CC2)CCCC1. The Kier molecular flexibility index (Phi) is 5.03. The van der Waals surface area contributed by atoms with Crippen LogP contribution in [0.1, 0.15) is 44.1 Å². The van der Waals surface area contributed by atoms with Gasteiger partial charge in [0.2, 0.25) is 0 Å². The summed E-state index contributed by atoms with van der Waals surface area (Å²) in [6.45, 7) is 3.50. The highest BCUT2D eigenvalue weighted by Gasteiger charge is 2.36. The van der Waals surface area contributed by atoms with Crippen LogP contribution >= 0.6 is 15.9 Å². The fraction of sp³-hybridized carbons (Fsp3) is 0.667. The number of rotatable bonds is 7. The first-order chi connectivity index (χ1) is 10.2. The van der Waals surface area contributed by atoms with Gasteiger partial charge in [0.1, 0.15) is 0 Å². The van der Waals surface area contributed by atoms with E-state index in [4.69, 9.17) is 0 Å². The summed E-state index contributed by atoms with van der Waals surface area (Å²) >= 11 is 3.51. The topological polar surface area (TPSA) is 15.3 Å². The van der Waals surface area contributed by atoms with E-state index in [1.54, 1.807) is 0 Å². The van der Waals surface area contributed by atoms with Gasteiger partial charge in [-0.25, -0.2) is 0 Å². The molecule has 0 bridgehead atoms. The van der Waals surface area contributed by atoms with Gasteiger partial charge in [-0.15, -0.1) is 0 Å².